The summed E-state index contributed by atoms with van der Waals surface area (Å²) in [6.45, 7) is 1.05. The third-order valence-corrected chi connectivity index (χ3v) is 9.12. The van der Waals surface area contributed by atoms with Gasteiger partial charge in [-0.2, -0.15) is 0 Å². The average molecular weight is 485 g/mol. The lowest BCUT2D eigenvalue weighted by atomic mass is 9.66. The van der Waals surface area contributed by atoms with Crippen LogP contribution in [0.1, 0.15) is 42.5 Å². The third-order valence-electron chi connectivity index (χ3n) is 6.74. The Labute approximate surface area is 199 Å². The van der Waals surface area contributed by atoms with Crippen LogP contribution < -0.4 is 5.32 Å². The number of ether oxygens (including phenoxy) is 1. The van der Waals surface area contributed by atoms with E-state index in [4.69, 9.17) is 4.74 Å². The topological polar surface area (TPSA) is 110 Å². The number of methoxy groups -OCH3 is 1. The van der Waals surface area contributed by atoms with Gasteiger partial charge in [-0.1, -0.05) is 36.4 Å². The van der Waals surface area contributed by atoms with Crippen LogP contribution in [0, 0.1) is 0 Å². The van der Waals surface area contributed by atoms with Gasteiger partial charge >= 0.3 is 5.97 Å². The molecule has 2 aliphatic rings. The Balaban J connectivity index is 1.73. The first-order valence-electron chi connectivity index (χ1n) is 11.3. The fourth-order valence-corrected chi connectivity index (χ4v) is 7.09. The SMILES string of the molecule is COC(=O)C1(S(=O)(=O)c2ccccc2)CC(NC(=O)c2ccccc2)(C(=O)N2CCCCC2)C1. The lowest BCUT2D eigenvalue weighted by Gasteiger charge is -2.53. The van der Waals surface area contributed by atoms with E-state index < -0.39 is 44.8 Å². The lowest BCUT2D eigenvalue weighted by Crippen LogP contribution is -2.76. The van der Waals surface area contributed by atoms with Crippen molar-refractivity contribution in [1.29, 1.82) is 0 Å². The summed E-state index contributed by atoms with van der Waals surface area (Å²) in [5, 5.41) is 2.80. The summed E-state index contributed by atoms with van der Waals surface area (Å²) in [6.07, 6.45) is 1.88. The van der Waals surface area contributed by atoms with Crippen LogP contribution in [0.2, 0.25) is 0 Å². The number of hydrogen-bond donors (Lipinski definition) is 1. The van der Waals surface area contributed by atoms with Crippen molar-refractivity contribution >= 4 is 27.6 Å². The van der Waals surface area contributed by atoms with Crippen molar-refractivity contribution in [3.05, 3.63) is 66.2 Å². The quantitative estimate of drug-likeness (QED) is 0.631. The molecular formula is C25H28N2O6S. The van der Waals surface area contributed by atoms with Gasteiger partial charge in [0, 0.05) is 31.5 Å². The van der Waals surface area contributed by atoms with Gasteiger partial charge in [-0.25, -0.2) is 8.42 Å². The number of benzene rings is 2. The highest BCUT2D eigenvalue weighted by molar-refractivity contribution is 7.93. The number of piperidine rings is 1. The number of carbonyl (C=O) groups is 3. The molecule has 9 heteroatoms. The van der Waals surface area contributed by atoms with Gasteiger partial charge in [0.05, 0.1) is 12.0 Å². The molecule has 8 nitrogen and oxygen atoms in total. The smallest absolute Gasteiger partial charge is 0.327 e. The molecule has 0 unspecified atom stereocenters. The molecule has 2 fully saturated rings. The molecule has 0 radical (unpaired) electrons. The Morgan fingerprint density at radius 2 is 1.44 bits per heavy atom. The Bertz CT molecular complexity index is 1170. The number of nitrogens with zero attached hydrogens (tertiary/aromatic N) is 1. The van der Waals surface area contributed by atoms with Crippen molar-refractivity contribution in [2.45, 2.75) is 47.3 Å². The lowest BCUT2D eigenvalue weighted by molar-refractivity contribution is -0.155. The molecule has 1 aliphatic heterocycles. The van der Waals surface area contributed by atoms with E-state index in [1.807, 2.05) is 0 Å². The standard InChI is InChI=1S/C25H28N2O6S/c1-33-23(30)25(34(31,32)20-13-7-3-8-14-20)17-24(18-25,22(29)27-15-9-4-10-16-27)26-21(28)19-11-5-2-6-12-19/h2-3,5-8,11-14H,4,9-10,15-18H2,1H3,(H,26,28). The molecule has 2 aromatic rings. The number of rotatable bonds is 6. The first-order chi connectivity index (χ1) is 16.3. The molecule has 1 heterocycles. The average Bonchev–Trinajstić information content (AvgIpc) is 2.86. The van der Waals surface area contributed by atoms with Crippen LogP contribution >= 0.6 is 0 Å². The van der Waals surface area contributed by atoms with Gasteiger partial charge in [-0.05, 0) is 43.5 Å². The molecule has 34 heavy (non-hydrogen) atoms. The second-order valence-electron chi connectivity index (χ2n) is 8.91. The van der Waals surface area contributed by atoms with Gasteiger partial charge in [0.2, 0.25) is 5.91 Å². The maximum atomic E-state index is 13.7. The molecule has 2 amide bonds. The number of hydrogen-bond acceptors (Lipinski definition) is 6. The predicted octanol–water partition coefficient (Wildman–Crippen LogP) is 2.35. The Morgan fingerprint density at radius 3 is 2.00 bits per heavy atom. The van der Waals surface area contributed by atoms with Gasteiger partial charge in [-0.3, -0.25) is 14.4 Å². The zero-order chi connectivity index (χ0) is 24.4. The van der Waals surface area contributed by atoms with Gasteiger partial charge in [-0.15, -0.1) is 0 Å². The van der Waals surface area contributed by atoms with Crippen molar-refractivity contribution in [3.8, 4) is 0 Å². The number of sulfone groups is 1. The molecule has 0 aromatic heterocycles. The van der Waals surface area contributed by atoms with Crippen LogP contribution in [0.5, 0.6) is 0 Å². The Hall–Kier alpha value is -3.20. The van der Waals surface area contributed by atoms with E-state index in [0.29, 0.717) is 18.7 Å². The van der Waals surface area contributed by atoms with E-state index >= 15 is 0 Å². The van der Waals surface area contributed by atoms with Crippen LogP contribution in [0.3, 0.4) is 0 Å². The monoisotopic (exact) mass is 484 g/mol. The van der Waals surface area contributed by atoms with E-state index in [0.717, 1.165) is 26.4 Å². The normalized spacial score (nSPS) is 24.6. The molecule has 2 aromatic carbocycles. The highest BCUT2D eigenvalue weighted by Crippen LogP contribution is 2.51. The molecule has 180 valence electrons. The van der Waals surface area contributed by atoms with Gasteiger partial charge in [0.15, 0.2) is 14.6 Å². The summed E-state index contributed by atoms with van der Waals surface area (Å²) in [5.74, 6) is -1.80. The summed E-state index contributed by atoms with van der Waals surface area (Å²) in [4.78, 5) is 41.3. The fraction of sp³-hybridized carbons (Fsp3) is 0.400. The predicted molar refractivity (Wildman–Crippen MR) is 125 cm³/mol. The molecule has 1 saturated carbocycles. The first kappa shape index (κ1) is 23.9. The molecule has 0 spiro atoms. The number of nitrogens with one attached hydrogen (secondary N) is 1. The summed E-state index contributed by atoms with van der Waals surface area (Å²) in [5.41, 5.74) is -1.19. The van der Waals surface area contributed by atoms with Gasteiger partial charge in [0.1, 0.15) is 5.54 Å². The van der Waals surface area contributed by atoms with Gasteiger partial charge < -0.3 is 15.0 Å². The molecule has 4 rings (SSSR count). The second-order valence-corrected chi connectivity index (χ2v) is 11.2. The van der Waals surface area contributed by atoms with Crippen molar-refractivity contribution < 1.29 is 27.5 Å². The number of carbonyl (C=O) groups excluding carboxylic acids is 3. The van der Waals surface area contributed by atoms with Crippen LogP contribution in [-0.4, -0.2) is 61.6 Å². The van der Waals surface area contributed by atoms with Gasteiger partial charge in [0.25, 0.3) is 5.91 Å². The number of esters is 1. The zero-order valence-electron chi connectivity index (χ0n) is 19.0. The van der Waals surface area contributed by atoms with Crippen molar-refractivity contribution in [3.63, 3.8) is 0 Å². The number of amides is 2. The van der Waals surface area contributed by atoms with Crippen LogP contribution in [0.25, 0.3) is 0 Å². The summed E-state index contributed by atoms with van der Waals surface area (Å²) in [7, 11) is -3.08. The number of likely N-dealkylation sites (tertiary alicyclic amines) is 1. The molecule has 1 N–H and O–H groups in total. The van der Waals surface area contributed by atoms with E-state index in [2.05, 4.69) is 5.32 Å². The maximum Gasteiger partial charge on any atom is 0.327 e. The minimum Gasteiger partial charge on any atom is -0.468 e. The first-order valence-corrected chi connectivity index (χ1v) is 12.8. The van der Waals surface area contributed by atoms with Crippen LogP contribution in [-0.2, 0) is 24.2 Å². The van der Waals surface area contributed by atoms with E-state index in [1.165, 1.54) is 12.1 Å². The zero-order valence-corrected chi connectivity index (χ0v) is 19.8. The Kier molecular flexibility index (Phi) is 6.49. The highest BCUT2D eigenvalue weighted by Gasteiger charge is 2.71. The third kappa shape index (κ3) is 3.98. The maximum absolute atomic E-state index is 13.7. The minimum atomic E-state index is -4.21. The molecule has 0 atom stereocenters. The largest absolute Gasteiger partial charge is 0.468 e. The molecular weight excluding hydrogens is 456 g/mol. The Morgan fingerprint density at radius 1 is 0.882 bits per heavy atom. The fourth-order valence-electron chi connectivity index (χ4n) is 4.95. The minimum absolute atomic E-state index is 0.0335. The molecule has 1 aliphatic carbocycles. The van der Waals surface area contributed by atoms with Crippen molar-refractivity contribution in [1.82, 2.24) is 10.2 Å². The van der Waals surface area contributed by atoms with Crippen molar-refractivity contribution in [2.75, 3.05) is 20.2 Å². The van der Waals surface area contributed by atoms with E-state index in [-0.39, 0.29) is 10.8 Å². The summed E-state index contributed by atoms with van der Waals surface area (Å²) in [6, 6.07) is 16.0. The van der Waals surface area contributed by atoms with Crippen LogP contribution in [0.15, 0.2) is 65.6 Å². The second kappa shape index (κ2) is 9.21. The van der Waals surface area contributed by atoms with E-state index in [1.54, 1.807) is 53.4 Å². The molecule has 0 bridgehead atoms. The summed E-state index contributed by atoms with van der Waals surface area (Å²) >= 11 is 0. The van der Waals surface area contributed by atoms with E-state index in [9.17, 15) is 22.8 Å². The van der Waals surface area contributed by atoms with Crippen LogP contribution in [0.4, 0.5) is 0 Å². The highest BCUT2D eigenvalue weighted by atomic mass is 32.2. The molecule has 1 saturated heterocycles. The summed E-state index contributed by atoms with van der Waals surface area (Å²) < 4.78 is 30.2. The van der Waals surface area contributed by atoms with Crippen molar-refractivity contribution in [2.24, 2.45) is 0 Å².